The lowest BCUT2D eigenvalue weighted by Crippen LogP contribution is -2.51. The lowest BCUT2D eigenvalue weighted by Gasteiger charge is -2.37. The maximum Gasteiger partial charge on any atom is 0.317 e. The Labute approximate surface area is 162 Å². The predicted octanol–water partition coefficient (Wildman–Crippen LogP) is 2.61. The maximum atomic E-state index is 12.5. The Hall–Kier alpha value is -1.89. The second kappa shape index (κ2) is 9.35. The van der Waals surface area contributed by atoms with Gasteiger partial charge in [-0.25, -0.2) is 14.8 Å². The van der Waals surface area contributed by atoms with E-state index in [9.17, 15) is 4.79 Å². The molecule has 2 N–H and O–H groups in total. The molecule has 150 valence electrons. The first-order valence-electron chi connectivity index (χ1n) is 10.2. The van der Waals surface area contributed by atoms with Crippen LogP contribution in [0.25, 0.3) is 0 Å². The van der Waals surface area contributed by atoms with Crippen LogP contribution >= 0.6 is 0 Å². The van der Waals surface area contributed by atoms with Gasteiger partial charge >= 0.3 is 6.03 Å². The summed E-state index contributed by atoms with van der Waals surface area (Å²) in [5, 5.41) is 6.33. The molecule has 0 radical (unpaired) electrons. The van der Waals surface area contributed by atoms with Crippen LogP contribution < -0.4 is 10.6 Å². The van der Waals surface area contributed by atoms with Crippen LogP contribution in [0.4, 0.5) is 10.6 Å². The molecule has 1 aromatic heterocycles. The van der Waals surface area contributed by atoms with Gasteiger partial charge in [-0.15, -0.1) is 0 Å². The zero-order valence-corrected chi connectivity index (χ0v) is 16.8. The molecule has 1 aromatic rings. The number of nitrogens with zero attached hydrogens (tertiary/aromatic N) is 3. The molecule has 1 unspecified atom stereocenters. The molecule has 3 atom stereocenters. The molecular weight excluding hydrogens is 342 g/mol. The first-order chi connectivity index (χ1) is 13.1. The van der Waals surface area contributed by atoms with Gasteiger partial charge in [-0.1, -0.05) is 13.3 Å². The quantitative estimate of drug-likeness (QED) is 0.683. The fourth-order valence-corrected chi connectivity index (χ4v) is 4.36. The molecule has 7 heteroatoms. The summed E-state index contributed by atoms with van der Waals surface area (Å²) >= 11 is 0. The van der Waals surface area contributed by atoms with Crippen LogP contribution in [0.2, 0.25) is 0 Å². The van der Waals surface area contributed by atoms with Gasteiger partial charge in [0.2, 0.25) is 0 Å². The maximum absolute atomic E-state index is 12.5. The number of amides is 2. The van der Waals surface area contributed by atoms with Crippen molar-refractivity contribution < 1.29 is 9.53 Å². The molecule has 2 heterocycles. The van der Waals surface area contributed by atoms with E-state index in [2.05, 4.69) is 27.5 Å². The van der Waals surface area contributed by atoms with E-state index in [1.807, 2.05) is 17.9 Å². The number of likely N-dealkylation sites (tertiary alicyclic amines) is 1. The smallest absolute Gasteiger partial charge is 0.317 e. The summed E-state index contributed by atoms with van der Waals surface area (Å²) in [5.41, 5.74) is 0.971. The number of nitrogens with one attached hydrogen (secondary N) is 2. The number of hydrogen-bond acceptors (Lipinski definition) is 5. The third-order valence-corrected chi connectivity index (χ3v) is 5.67. The number of anilines is 1. The van der Waals surface area contributed by atoms with Crippen molar-refractivity contribution in [3.8, 4) is 0 Å². The van der Waals surface area contributed by atoms with Crippen LogP contribution in [-0.4, -0.2) is 60.3 Å². The number of fused-ring (bicyclic) bond motifs is 2. The molecule has 0 aromatic carbocycles. The van der Waals surface area contributed by atoms with Gasteiger partial charge in [0.05, 0.1) is 6.10 Å². The Kier molecular flexibility index (Phi) is 6.88. The van der Waals surface area contributed by atoms with Crippen LogP contribution in [0.3, 0.4) is 0 Å². The second-order valence-corrected chi connectivity index (χ2v) is 7.78. The van der Waals surface area contributed by atoms with Crippen molar-refractivity contribution in [2.75, 3.05) is 38.6 Å². The second-order valence-electron chi connectivity index (χ2n) is 7.78. The number of rotatable bonds is 8. The van der Waals surface area contributed by atoms with Gasteiger partial charge in [-0.3, -0.25) is 0 Å². The number of piperidine rings is 1. The third kappa shape index (κ3) is 5.09. The SMILES string of the molecule is CCCCc1nc(C)cc(NCCNC(=O)N2C[C@H]3CC[C@@H](C2)C3OC)n1. The highest BCUT2D eigenvalue weighted by molar-refractivity contribution is 5.74. The Balaban J connectivity index is 1.41. The Morgan fingerprint density at radius 3 is 2.67 bits per heavy atom. The minimum atomic E-state index is 0.0331. The monoisotopic (exact) mass is 375 g/mol. The highest BCUT2D eigenvalue weighted by atomic mass is 16.5. The van der Waals surface area contributed by atoms with Gasteiger partial charge in [0, 0.05) is 63.3 Å². The van der Waals surface area contributed by atoms with Crippen LogP contribution in [0.1, 0.15) is 44.1 Å². The number of hydrogen-bond donors (Lipinski definition) is 2. The summed E-state index contributed by atoms with van der Waals surface area (Å²) in [5.74, 6) is 2.70. The number of aromatic nitrogens is 2. The highest BCUT2D eigenvalue weighted by Gasteiger charge is 2.43. The minimum absolute atomic E-state index is 0.0331. The number of unbranched alkanes of at least 4 members (excludes halogenated alkanes) is 1. The first kappa shape index (κ1) is 19.9. The van der Waals surface area contributed by atoms with Crippen LogP contribution in [0.5, 0.6) is 0 Å². The Morgan fingerprint density at radius 2 is 2.00 bits per heavy atom. The molecule has 2 amide bonds. The molecule has 2 aliphatic rings. The largest absolute Gasteiger partial charge is 0.381 e. The normalized spacial score (nSPS) is 24.1. The van der Waals surface area contributed by atoms with Gasteiger partial charge < -0.3 is 20.3 Å². The minimum Gasteiger partial charge on any atom is -0.381 e. The van der Waals surface area contributed by atoms with Crippen molar-refractivity contribution in [3.05, 3.63) is 17.6 Å². The van der Waals surface area contributed by atoms with Crippen molar-refractivity contribution in [3.63, 3.8) is 0 Å². The molecule has 0 spiro atoms. The summed E-state index contributed by atoms with van der Waals surface area (Å²) in [7, 11) is 1.79. The van der Waals surface area contributed by atoms with Gasteiger partial charge in [-0.2, -0.15) is 0 Å². The summed E-state index contributed by atoms with van der Waals surface area (Å²) in [6.07, 6.45) is 5.81. The molecule has 3 rings (SSSR count). The fraction of sp³-hybridized carbons (Fsp3) is 0.750. The van der Waals surface area contributed by atoms with Crippen molar-refractivity contribution >= 4 is 11.8 Å². The van der Waals surface area contributed by atoms with E-state index in [1.165, 1.54) is 12.8 Å². The van der Waals surface area contributed by atoms with Gasteiger partial charge in [0.25, 0.3) is 0 Å². The van der Waals surface area contributed by atoms with E-state index in [4.69, 9.17) is 4.74 Å². The van der Waals surface area contributed by atoms with E-state index >= 15 is 0 Å². The third-order valence-electron chi connectivity index (χ3n) is 5.67. The van der Waals surface area contributed by atoms with Gasteiger partial charge in [0.1, 0.15) is 11.6 Å². The summed E-state index contributed by atoms with van der Waals surface area (Å²) in [6.45, 7) is 6.99. The summed E-state index contributed by atoms with van der Waals surface area (Å²) < 4.78 is 5.62. The Bertz CT molecular complexity index is 625. The molecule has 2 fully saturated rings. The highest BCUT2D eigenvalue weighted by Crippen LogP contribution is 2.38. The van der Waals surface area contributed by atoms with Crippen LogP contribution in [0, 0.1) is 18.8 Å². The zero-order chi connectivity index (χ0) is 19.2. The molecule has 1 aliphatic carbocycles. The average Bonchev–Trinajstić information content (AvgIpc) is 2.90. The molecule has 27 heavy (non-hydrogen) atoms. The lowest BCUT2D eigenvalue weighted by molar-refractivity contribution is -0.00501. The molecule has 2 bridgehead atoms. The number of methoxy groups -OCH3 is 1. The predicted molar refractivity (Wildman–Crippen MR) is 106 cm³/mol. The number of urea groups is 1. The molecule has 1 saturated carbocycles. The van der Waals surface area contributed by atoms with Crippen LogP contribution in [-0.2, 0) is 11.2 Å². The summed E-state index contributed by atoms with van der Waals surface area (Å²) in [6, 6.07) is 1.98. The fourth-order valence-electron chi connectivity index (χ4n) is 4.36. The number of carbonyl (C=O) groups is 1. The van der Waals surface area contributed by atoms with Crippen molar-refractivity contribution in [1.29, 1.82) is 0 Å². The number of aryl methyl sites for hydroxylation is 2. The van der Waals surface area contributed by atoms with E-state index in [-0.39, 0.29) is 6.03 Å². The van der Waals surface area contributed by atoms with Crippen molar-refractivity contribution in [1.82, 2.24) is 20.2 Å². The van der Waals surface area contributed by atoms with Gasteiger partial charge in [0.15, 0.2) is 0 Å². The molecular formula is C20H33N5O2. The van der Waals surface area contributed by atoms with E-state index in [0.717, 1.165) is 49.7 Å². The standard InChI is InChI=1S/C20H33N5O2/c1-4-5-6-17-23-14(2)11-18(24-17)21-9-10-22-20(26)25-12-15-7-8-16(13-25)19(15)27-3/h11,15-16,19H,4-10,12-13H2,1-3H3,(H,22,26)(H,21,23,24)/t15-,16+,19?. The molecule has 1 saturated heterocycles. The van der Waals surface area contributed by atoms with Gasteiger partial charge in [-0.05, 0) is 26.2 Å². The summed E-state index contributed by atoms with van der Waals surface area (Å²) in [4.78, 5) is 23.5. The first-order valence-corrected chi connectivity index (χ1v) is 10.2. The topological polar surface area (TPSA) is 79.4 Å². The van der Waals surface area contributed by atoms with Crippen molar-refractivity contribution in [2.45, 2.75) is 52.1 Å². The molecule has 7 nitrogen and oxygen atoms in total. The number of ether oxygens (including phenoxy) is 1. The lowest BCUT2D eigenvalue weighted by atomic mass is 9.95. The average molecular weight is 376 g/mol. The zero-order valence-electron chi connectivity index (χ0n) is 16.8. The Morgan fingerprint density at radius 1 is 1.26 bits per heavy atom. The van der Waals surface area contributed by atoms with E-state index in [1.54, 1.807) is 7.11 Å². The number of carbonyl (C=O) groups excluding carboxylic acids is 1. The van der Waals surface area contributed by atoms with E-state index < -0.39 is 0 Å². The van der Waals surface area contributed by atoms with Crippen molar-refractivity contribution in [2.24, 2.45) is 11.8 Å². The van der Waals surface area contributed by atoms with Crippen LogP contribution in [0.15, 0.2) is 6.07 Å². The molecule has 1 aliphatic heterocycles. The van der Waals surface area contributed by atoms with E-state index in [0.29, 0.717) is 31.0 Å².